The molecule has 0 fully saturated rings. The first-order chi connectivity index (χ1) is 18.0. The molecule has 5 aromatic rings. The predicted octanol–water partition coefficient (Wildman–Crippen LogP) is 9.06. The Labute approximate surface area is 216 Å². The summed E-state index contributed by atoms with van der Waals surface area (Å²) in [5, 5.41) is 0. The molecule has 0 unspecified atom stereocenters. The Morgan fingerprint density at radius 1 is 0.649 bits per heavy atom. The molecule has 5 rings (SSSR count). The molecule has 4 aromatic carbocycles. The standard InChI is InChI=1S/C33H27F2NO/c1-22(2)33-31(21-37-29-10-6-9-26(19-29)23-7-4-3-5-8-23)30(24-11-15-27(34)16-12-24)20-32(36-33)25-13-17-28(35)18-14-25/h3-20,22H,21H2,1-2H3. The average molecular weight is 492 g/mol. The van der Waals surface area contributed by atoms with Gasteiger partial charge in [-0.2, -0.15) is 0 Å². The van der Waals surface area contributed by atoms with Crippen molar-refractivity contribution in [3.05, 3.63) is 132 Å². The highest BCUT2D eigenvalue weighted by Crippen LogP contribution is 2.35. The van der Waals surface area contributed by atoms with Crippen LogP contribution in [-0.2, 0) is 6.61 Å². The van der Waals surface area contributed by atoms with Gasteiger partial charge in [0.05, 0.1) is 11.4 Å². The second-order valence-electron chi connectivity index (χ2n) is 9.27. The first kappa shape index (κ1) is 24.4. The molecular formula is C33H27F2NO. The average Bonchev–Trinajstić information content (AvgIpc) is 2.93. The molecule has 0 aliphatic heterocycles. The number of benzene rings is 4. The van der Waals surface area contributed by atoms with E-state index in [-0.39, 0.29) is 17.6 Å². The predicted molar refractivity (Wildman–Crippen MR) is 145 cm³/mol. The van der Waals surface area contributed by atoms with Crippen molar-refractivity contribution in [1.29, 1.82) is 0 Å². The van der Waals surface area contributed by atoms with Gasteiger partial charge in [0.15, 0.2) is 0 Å². The van der Waals surface area contributed by atoms with Crippen LogP contribution in [0.15, 0.2) is 109 Å². The summed E-state index contributed by atoms with van der Waals surface area (Å²) >= 11 is 0. The maximum Gasteiger partial charge on any atom is 0.123 e. The fourth-order valence-electron chi connectivity index (χ4n) is 4.43. The highest BCUT2D eigenvalue weighted by molar-refractivity contribution is 5.74. The molecule has 0 N–H and O–H groups in total. The Bertz CT molecular complexity index is 1490. The second-order valence-corrected chi connectivity index (χ2v) is 9.27. The number of halogens is 2. The third-order valence-electron chi connectivity index (χ3n) is 6.32. The van der Waals surface area contributed by atoms with Crippen LogP contribution in [0.1, 0.15) is 31.0 Å². The summed E-state index contributed by atoms with van der Waals surface area (Å²) in [6.07, 6.45) is 0. The maximum absolute atomic E-state index is 13.8. The zero-order valence-electron chi connectivity index (χ0n) is 20.8. The normalized spacial score (nSPS) is 11.1. The molecule has 0 amide bonds. The van der Waals surface area contributed by atoms with Crippen molar-refractivity contribution in [1.82, 2.24) is 4.98 Å². The highest BCUT2D eigenvalue weighted by atomic mass is 19.1. The monoisotopic (exact) mass is 491 g/mol. The van der Waals surface area contributed by atoms with Crippen LogP contribution in [-0.4, -0.2) is 4.98 Å². The summed E-state index contributed by atoms with van der Waals surface area (Å²) in [6.45, 7) is 4.48. The van der Waals surface area contributed by atoms with Gasteiger partial charge in [-0.3, -0.25) is 4.98 Å². The van der Waals surface area contributed by atoms with E-state index < -0.39 is 0 Å². The molecule has 0 saturated heterocycles. The summed E-state index contributed by atoms with van der Waals surface area (Å²) in [7, 11) is 0. The Kier molecular flexibility index (Phi) is 7.09. The summed E-state index contributed by atoms with van der Waals surface area (Å²) in [6, 6.07) is 32.9. The molecule has 0 radical (unpaired) electrons. The minimum Gasteiger partial charge on any atom is -0.489 e. The van der Waals surface area contributed by atoms with E-state index in [2.05, 4.69) is 32.0 Å². The van der Waals surface area contributed by atoms with E-state index >= 15 is 0 Å². The van der Waals surface area contributed by atoms with Crippen molar-refractivity contribution in [3.63, 3.8) is 0 Å². The highest BCUT2D eigenvalue weighted by Gasteiger charge is 2.19. The number of rotatable bonds is 7. The summed E-state index contributed by atoms with van der Waals surface area (Å²) < 4.78 is 33.7. The van der Waals surface area contributed by atoms with Gasteiger partial charge in [-0.05, 0) is 82.8 Å². The molecule has 0 aliphatic rings. The molecule has 184 valence electrons. The zero-order chi connectivity index (χ0) is 25.8. The first-order valence-electron chi connectivity index (χ1n) is 12.3. The van der Waals surface area contributed by atoms with Crippen molar-refractivity contribution in [2.45, 2.75) is 26.4 Å². The van der Waals surface area contributed by atoms with E-state index in [0.29, 0.717) is 6.61 Å². The lowest BCUT2D eigenvalue weighted by molar-refractivity contribution is 0.304. The molecule has 0 bridgehead atoms. The molecule has 0 spiro atoms. The van der Waals surface area contributed by atoms with Crippen LogP contribution in [0.3, 0.4) is 0 Å². The lowest BCUT2D eigenvalue weighted by atomic mass is 9.93. The molecule has 37 heavy (non-hydrogen) atoms. The van der Waals surface area contributed by atoms with Crippen molar-refractivity contribution < 1.29 is 13.5 Å². The molecule has 1 aromatic heterocycles. The van der Waals surface area contributed by atoms with Crippen molar-refractivity contribution in [3.8, 4) is 39.3 Å². The van der Waals surface area contributed by atoms with Crippen LogP contribution in [0.2, 0.25) is 0 Å². The van der Waals surface area contributed by atoms with Gasteiger partial charge in [0.1, 0.15) is 24.0 Å². The summed E-state index contributed by atoms with van der Waals surface area (Å²) in [5.74, 6) is 0.267. The Morgan fingerprint density at radius 3 is 1.92 bits per heavy atom. The minimum absolute atomic E-state index is 0.105. The SMILES string of the molecule is CC(C)c1nc(-c2ccc(F)cc2)cc(-c2ccc(F)cc2)c1COc1cccc(-c2ccccc2)c1. The van der Waals surface area contributed by atoms with E-state index in [0.717, 1.165) is 50.5 Å². The summed E-state index contributed by atoms with van der Waals surface area (Å²) in [5.41, 5.74) is 7.35. The zero-order valence-corrected chi connectivity index (χ0v) is 20.8. The Hall–Kier alpha value is -4.31. The molecule has 0 atom stereocenters. The summed E-state index contributed by atoms with van der Waals surface area (Å²) in [4.78, 5) is 4.98. The van der Waals surface area contributed by atoms with Gasteiger partial charge in [-0.15, -0.1) is 0 Å². The van der Waals surface area contributed by atoms with Gasteiger partial charge in [0.2, 0.25) is 0 Å². The van der Waals surface area contributed by atoms with Crippen LogP contribution in [0.25, 0.3) is 33.5 Å². The van der Waals surface area contributed by atoms with Crippen LogP contribution < -0.4 is 4.74 Å². The number of hydrogen-bond donors (Lipinski definition) is 0. The van der Waals surface area contributed by atoms with Crippen LogP contribution in [0.5, 0.6) is 5.75 Å². The van der Waals surface area contributed by atoms with Gasteiger partial charge in [-0.1, -0.05) is 68.4 Å². The number of ether oxygens (including phenoxy) is 1. The minimum atomic E-state index is -0.297. The Morgan fingerprint density at radius 2 is 1.27 bits per heavy atom. The Balaban J connectivity index is 1.57. The van der Waals surface area contributed by atoms with Crippen LogP contribution in [0.4, 0.5) is 8.78 Å². The fraction of sp³-hybridized carbons (Fsp3) is 0.121. The van der Waals surface area contributed by atoms with Gasteiger partial charge in [-0.25, -0.2) is 8.78 Å². The van der Waals surface area contributed by atoms with Gasteiger partial charge in [0.25, 0.3) is 0 Å². The molecule has 0 saturated carbocycles. The number of hydrogen-bond acceptors (Lipinski definition) is 2. The third-order valence-corrected chi connectivity index (χ3v) is 6.32. The molecular weight excluding hydrogens is 464 g/mol. The van der Waals surface area contributed by atoms with E-state index in [4.69, 9.17) is 9.72 Å². The van der Waals surface area contributed by atoms with Crippen molar-refractivity contribution in [2.75, 3.05) is 0 Å². The van der Waals surface area contributed by atoms with E-state index in [1.54, 1.807) is 24.3 Å². The van der Waals surface area contributed by atoms with E-state index in [1.807, 2.05) is 42.5 Å². The topological polar surface area (TPSA) is 22.1 Å². The third kappa shape index (κ3) is 5.59. The molecule has 1 heterocycles. The van der Waals surface area contributed by atoms with E-state index in [9.17, 15) is 8.78 Å². The fourth-order valence-corrected chi connectivity index (χ4v) is 4.43. The number of aromatic nitrogens is 1. The quantitative estimate of drug-likeness (QED) is 0.227. The van der Waals surface area contributed by atoms with E-state index in [1.165, 1.54) is 24.3 Å². The maximum atomic E-state index is 13.8. The lowest BCUT2D eigenvalue weighted by Crippen LogP contribution is -2.08. The smallest absolute Gasteiger partial charge is 0.123 e. The second kappa shape index (κ2) is 10.8. The van der Waals surface area contributed by atoms with Gasteiger partial charge < -0.3 is 4.74 Å². The number of pyridine rings is 1. The largest absolute Gasteiger partial charge is 0.489 e. The molecule has 0 aliphatic carbocycles. The molecule has 2 nitrogen and oxygen atoms in total. The van der Waals surface area contributed by atoms with Crippen LogP contribution in [0, 0.1) is 11.6 Å². The molecule has 4 heteroatoms. The lowest BCUT2D eigenvalue weighted by Gasteiger charge is -2.20. The van der Waals surface area contributed by atoms with Gasteiger partial charge >= 0.3 is 0 Å². The van der Waals surface area contributed by atoms with Gasteiger partial charge in [0, 0.05) is 11.1 Å². The number of nitrogens with zero attached hydrogens (tertiary/aromatic N) is 1. The first-order valence-corrected chi connectivity index (χ1v) is 12.3. The van der Waals surface area contributed by atoms with Crippen molar-refractivity contribution in [2.24, 2.45) is 0 Å². The van der Waals surface area contributed by atoms with Crippen LogP contribution >= 0.6 is 0 Å². The van der Waals surface area contributed by atoms with Crippen molar-refractivity contribution >= 4 is 0 Å².